The summed E-state index contributed by atoms with van der Waals surface area (Å²) in [6, 6.07) is 7.33. The van der Waals surface area contributed by atoms with Crippen molar-refractivity contribution in [3.8, 4) is 0 Å². The van der Waals surface area contributed by atoms with Crippen molar-refractivity contribution in [1.82, 2.24) is 15.0 Å². The first-order chi connectivity index (χ1) is 8.56. The van der Waals surface area contributed by atoms with Gasteiger partial charge < -0.3 is 11.1 Å². The van der Waals surface area contributed by atoms with Crippen LogP contribution in [-0.2, 0) is 0 Å². The molecule has 0 amide bonds. The van der Waals surface area contributed by atoms with Gasteiger partial charge in [-0.25, -0.2) is 0 Å². The van der Waals surface area contributed by atoms with Crippen LogP contribution in [0.15, 0.2) is 24.3 Å². The molecule has 5 nitrogen and oxygen atoms in total. The Morgan fingerprint density at radius 1 is 1.28 bits per heavy atom. The fraction of sp³-hybridized carbons (Fsp3) is 0.182. The molecule has 3 N–H and O–H groups in total. The van der Waals surface area contributed by atoms with Crippen molar-refractivity contribution >= 4 is 45.1 Å². The minimum Gasteiger partial charge on any atom is -0.368 e. The third kappa shape index (κ3) is 3.08. The van der Waals surface area contributed by atoms with Gasteiger partial charge in [0.15, 0.2) is 0 Å². The number of alkyl halides is 1. The molecule has 94 valence electrons. The minimum atomic E-state index is -0.00500. The van der Waals surface area contributed by atoms with Gasteiger partial charge in [0.1, 0.15) is 5.82 Å². The van der Waals surface area contributed by atoms with Crippen LogP contribution in [0.4, 0.5) is 17.6 Å². The molecular weight excluding hydrogens is 318 g/mol. The second-order valence-corrected chi connectivity index (χ2v) is 5.38. The Bertz CT molecular complexity index is 561. The molecule has 0 aliphatic rings. The molecule has 2 rings (SSSR count). The van der Waals surface area contributed by atoms with Crippen LogP contribution >= 0.6 is 27.5 Å². The number of rotatable bonds is 3. The predicted octanol–water partition coefficient (Wildman–Crippen LogP) is 3.31. The van der Waals surface area contributed by atoms with E-state index in [4.69, 9.17) is 17.3 Å². The zero-order valence-corrected chi connectivity index (χ0v) is 11.9. The molecule has 0 fully saturated rings. The van der Waals surface area contributed by atoms with Crippen LogP contribution in [0.25, 0.3) is 0 Å². The summed E-state index contributed by atoms with van der Waals surface area (Å²) in [5, 5.41) is 3.60. The Balaban J connectivity index is 2.32. The molecule has 0 bridgehead atoms. The maximum Gasteiger partial charge on any atom is 0.232 e. The molecule has 0 unspecified atom stereocenters. The summed E-state index contributed by atoms with van der Waals surface area (Å²) in [6.07, 6.45) is 0. The molecule has 18 heavy (non-hydrogen) atoms. The number of aromatic nitrogens is 3. The Morgan fingerprint density at radius 3 is 2.67 bits per heavy atom. The van der Waals surface area contributed by atoms with Crippen LogP contribution in [0.1, 0.15) is 17.6 Å². The lowest BCUT2D eigenvalue weighted by Crippen LogP contribution is -2.07. The molecule has 1 aromatic heterocycles. The normalized spacial score (nSPS) is 12.2. The third-order valence-electron chi connectivity index (χ3n) is 2.15. The second-order valence-electron chi connectivity index (χ2n) is 3.60. The highest BCUT2D eigenvalue weighted by molar-refractivity contribution is 9.09. The number of anilines is 3. The van der Waals surface area contributed by atoms with E-state index in [1.165, 1.54) is 0 Å². The van der Waals surface area contributed by atoms with Gasteiger partial charge in [0.25, 0.3) is 0 Å². The summed E-state index contributed by atoms with van der Waals surface area (Å²) in [7, 11) is 0. The summed E-state index contributed by atoms with van der Waals surface area (Å²) in [4.78, 5) is 12.3. The number of benzene rings is 1. The van der Waals surface area contributed by atoms with Crippen molar-refractivity contribution in [3.63, 3.8) is 0 Å². The van der Waals surface area contributed by atoms with Crippen LogP contribution < -0.4 is 11.1 Å². The zero-order chi connectivity index (χ0) is 13.1. The third-order valence-corrected chi connectivity index (χ3v) is 2.89. The number of para-hydroxylation sites is 1. The average Bonchev–Trinajstić information content (AvgIpc) is 2.31. The summed E-state index contributed by atoms with van der Waals surface area (Å²) in [5.41, 5.74) is 6.35. The smallest absolute Gasteiger partial charge is 0.232 e. The van der Waals surface area contributed by atoms with E-state index in [0.29, 0.717) is 16.8 Å². The van der Waals surface area contributed by atoms with Gasteiger partial charge in [-0.1, -0.05) is 39.7 Å². The summed E-state index contributed by atoms with van der Waals surface area (Å²) < 4.78 is 0. The molecule has 0 saturated carbocycles. The largest absolute Gasteiger partial charge is 0.368 e. The van der Waals surface area contributed by atoms with Crippen LogP contribution in [0, 0.1) is 0 Å². The first kappa shape index (κ1) is 13.0. The van der Waals surface area contributed by atoms with Gasteiger partial charge in [-0.05, 0) is 19.1 Å². The van der Waals surface area contributed by atoms with E-state index >= 15 is 0 Å². The fourth-order valence-corrected chi connectivity index (χ4v) is 1.71. The van der Waals surface area contributed by atoms with E-state index in [-0.39, 0.29) is 10.8 Å². The molecule has 1 heterocycles. The van der Waals surface area contributed by atoms with Gasteiger partial charge in [0.05, 0.1) is 15.5 Å². The standard InChI is InChI=1S/C11H11BrClN5/c1-6(12)9-16-10(14)18-11(17-9)15-8-5-3-2-4-7(8)13/h2-6H,1H3,(H3,14,15,16,17,18)/t6-/m0/s1. The van der Waals surface area contributed by atoms with E-state index in [1.807, 2.05) is 25.1 Å². The Morgan fingerprint density at radius 2 is 2.00 bits per heavy atom. The van der Waals surface area contributed by atoms with E-state index < -0.39 is 0 Å². The highest BCUT2D eigenvalue weighted by atomic mass is 79.9. The second kappa shape index (κ2) is 5.49. The van der Waals surface area contributed by atoms with Crippen molar-refractivity contribution in [2.24, 2.45) is 0 Å². The monoisotopic (exact) mass is 327 g/mol. The SMILES string of the molecule is C[C@H](Br)c1nc(N)nc(Nc2ccccc2Cl)n1. The fourth-order valence-electron chi connectivity index (χ4n) is 1.33. The number of nitrogen functional groups attached to an aromatic ring is 1. The quantitative estimate of drug-likeness (QED) is 0.845. The summed E-state index contributed by atoms with van der Waals surface area (Å²) in [5.74, 6) is 1.11. The lowest BCUT2D eigenvalue weighted by molar-refractivity contribution is 0.906. The van der Waals surface area contributed by atoms with Gasteiger partial charge in [0, 0.05) is 0 Å². The van der Waals surface area contributed by atoms with E-state index in [0.717, 1.165) is 5.69 Å². The average molecular weight is 329 g/mol. The molecule has 2 aromatic rings. The van der Waals surface area contributed by atoms with Crippen molar-refractivity contribution in [3.05, 3.63) is 35.1 Å². The van der Waals surface area contributed by atoms with E-state index in [2.05, 4.69) is 36.2 Å². The lowest BCUT2D eigenvalue weighted by Gasteiger charge is -2.09. The predicted molar refractivity (Wildman–Crippen MR) is 76.3 cm³/mol. The lowest BCUT2D eigenvalue weighted by atomic mass is 10.3. The number of nitrogens with one attached hydrogen (secondary N) is 1. The van der Waals surface area contributed by atoms with E-state index in [9.17, 15) is 0 Å². The van der Waals surface area contributed by atoms with E-state index in [1.54, 1.807) is 6.07 Å². The van der Waals surface area contributed by atoms with Crippen molar-refractivity contribution in [1.29, 1.82) is 0 Å². The van der Waals surface area contributed by atoms with Gasteiger partial charge in [0.2, 0.25) is 11.9 Å². The first-order valence-electron chi connectivity index (χ1n) is 5.23. The van der Waals surface area contributed by atoms with Crippen LogP contribution in [0.3, 0.4) is 0 Å². The van der Waals surface area contributed by atoms with Gasteiger partial charge in [-0.2, -0.15) is 15.0 Å². The maximum atomic E-state index is 6.04. The van der Waals surface area contributed by atoms with Crippen molar-refractivity contribution in [2.75, 3.05) is 11.1 Å². The van der Waals surface area contributed by atoms with Crippen LogP contribution in [0.5, 0.6) is 0 Å². The molecule has 0 spiro atoms. The molecule has 1 aromatic carbocycles. The van der Waals surface area contributed by atoms with Crippen molar-refractivity contribution < 1.29 is 0 Å². The summed E-state index contributed by atoms with van der Waals surface area (Å²) in [6.45, 7) is 1.91. The molecule has 0 aliphatic carbocycles. The van der Waals surface area contributed by atoms with Crippen molar-refractivity contribution in [2.45, 2.75) is 11.8 Å². The van der Waals surface area contributed by atoms with Gasteiger partial charge >= 0.3 is 0 Å². The highest BCUT2D eigenvalue weighted by Gasteiger charge is 2.10. The van der Waals surface area contributed by atoms with Gasteiger partial charge in [-0.3, -0.25) is 0 Å². The topological polar surface area (TPSA) is 76.7 Å². The molecule has 0 radical (unpaired) electrons. The van der Waals surface area contributed by atoms with Gasteiger partial charge in [-0.15, -0.1) is 0 Å². The number of hydrogen-bond donors (Lipinski definition) is 2. The molecular formula is C11H11BrClN5. The Hall–Kier alpha value is -1.40. The molecule has 0 aliphatic heterocycles. The van der Waals surface area contributed by atoms with Crippen LogP contribution in [0.2, 0.25) is 5.02 Å². The Kier molecular flexibility index (Phi) is 3.98. The molecule has 7 heteroatoms. The highest BCUT2D eigenvalue weighted by Crippen LogP contribution is 2.24. The molecule has 1 atom stereocenters. The zero-order valence-electron chi connectivity index (χ0n) is 9.56. The number of hydrogen-bond acceptors (Lipinski definition) is 5. The summed E-state index contributed by atoms with van der Waals surface area (Å²) >= 11 is 9.43. The maximum absolute atomic E-state index is 6.04. The number of halogens is 2. The first-order valence-corrected chi connectivity index (χ1v) is 6.52. The minimum absolute atomic E-state index is 0.00500. The molecule has 0 saturated heterocycles. The van der Waals surface area contributed by atoms with Crippen LogP contribution in [-0.4, -0.2) is 15.0 Å². The number of nitrogens with two attached hydrogens (primary N) is 1. The number of nitrogens with zero attached hydrogens (tertiary/aromatic N) is 3. The Labute approximate surface area is 118 Å².